The highest BCUT2D eigenvalue weighted by molar-refractivity contribution is 5.69. The van der Waals surface area contributed by atoms with E-state index in [1.165, 1.54) is 0 Å². The molecular weight excluding hydrogens is 208 g/mol. The van der Waals surface area contributed by atoms with Gasteiger partial charge in [0.2, 0.25) is 0 Å². The Balaban J connectivity index is 2.02. The summed E-state index contributed by atoms with van der Waals surface area (Å²) >= 11 is 0. The van der Waals surface area contributed by atoms with Crippen LogP contribution >= 0.6 is 0 Å². The zero-order chi connectivity index (χ0) is 12.0. The minimum atomic E-state index is -0.439. The predicted molar refractivity (Wildman–Crippen MR) is 60.0 cm³/mol. The third-order valence-electron chi connectivity index (χ3n) is 2.53. The average molecular weight is 230 g/mol. The van der Waals surface area contributed by atoms with Gasteiger partial charge in [0.25, 0.3) is 0 Å². The maximum atomic E-state index is 11.1. The van der Waals surface area contributed by atoms with Crippen LogP contribution in [0.15, 0.2) is 0 Å². The molecule has 1 aliphatic rings. The number of carbonyl (C=O) groups is 1. The van der Waals surface area contributed by atoms with Gasteiger partial charge in [-0.15, -0.1) is 0 Å². The number of hydrogen-bond donors (Lipinski definition) is 0. The van der Waals surface area contributed by atoms with E-state index < -0.39 is 5.79 Å². The SMILES string of the molecule is CCOC(=O)CCCC[C@@H]1COC(C)(C)O1. The number of unbranched alkanes of at least 4 members (excludes halogenated alkanes) is 1. The molecule has 0 aromatic rings. The van der Waals surface area contributed by atoms with Gasteiger partial charge >= 0.3 is 5.97 Å². The first-order valence-electron chi connectivity index (χ1n) is 6.01. The van der Waals surface area contributed by atoms with Gasteiger partial charge in [0.15, 0.2) is 5.79 Å². The van der Waals surface area contributed by atoms with Gasteiger partial charge in [0.05, 0.1) is 19.3 Å². The van der Waals surface area contributed by atoms with E-state index >= 15 is 0 Å². The maximum absolute atomic E-state index is 11.1. The molecule has 1 fully saturated rings. The molecule has 0 radical (unpaired) electrons. The van der Waals surface area contributed by atoms with Crippen LogP contribution in [0, 0.1) is 0 Å². The van der Waals surface area contributed by atoms with E-state index in [-0.39, 0.29) is 12.1 Å². The topological polar surface area (TPSA) is 44.8 Å². The lowest BCUT2D eigenvalue weighted by atomic mass is 10.1. The molecule has 0 aromatic carbocycles. The van der Waals surface area contributed by atoms with Crippen molar-refractivity contribution >= 4 is 5.97 Å². The minimum absolute atomic E-state index is 0.105. The van der Waals surface area contributed by atoms with Crippen molar-refractivity contribution in [1.82, 2.24) is 0 Å². The Morgan fingerprint density at radius 3 is 2.75 bits per heavy atom. The highest BCUT2D eigenvalue weighted by Gasteiger charge is 2.31. The minimum Gasteiger partial charge on any atom is -0.466 e. The number of carbonyl (C=O) groups excluding carboxylic acids is 1. The zero-order valence-corrected chi connectivity index (χ0v) is 10.5. The highest BCUT2D eigenvalue weighted by Crippen LogP contribution is 2.25. The van der Waals surface area contributed by atoms with Crippen LogP contribution in [-0.2, 0) is 19.0 Å². The van der Waals surface area contributed by atoms with Gasteiger partial charge in [-0.2, -0.15) is 0 Å². The Morgan fingerprint density at radius 2 is 2.19 bits per heavy atom. The van der Waals surface area contributed by atoms with Crippen molar-refractivity contribution in [2.75, 3.05) is 13.2 Å². The van der Waals surface area contributed by atoms with Crippen molar-refractivity contribution < 1.29 is 19.0 Å². The van der Waals surface area contributed by atoms with Crippen molar-refractivity contribution in [3.05, 3.63) is 0 Å². The lowest BCUT2D eigenvalue weighted by Crippen LogP contribution is -2.21. The van der Waals surface area contributed by atoms with E-state index in [0.717, 1.165) is 19.3 Å². The standard InChI is InChI=1S/C12H22O4/c1-4-14-11(13)8-6-5-7-10-9-15-12(2,3)16-10/h10H,4-9H2,1-3H3/t10-/m1/s1. The van der Waals surface area contributed by atoms with Crippen LogP contribution in [0.25, 0.3) is 0 Å². The quantitative estimate of drug-likeness (QED) is 0.518. The lowest BCUT2D eigenvalue weighted by Gasteiger charge is -2.16. The van der Waals surface area contributed by atoms with Crippen LogP contribution in [0.3, 0.4) is 0 Å². The molecule has 16 heavy (non-hydrogen) atoms. The molecule has 0 saturated carbocycles. The molecule has 1 saturated heterocycles. The molecule has 0 spiro atoms. The lowest BCUT2D eigenvalue weighted by molar-refractivity contribution is -0.144. The van der Waals surface area contributed by atoms with Crippen molar-refractivity contribution in [2.45, 2.75) is 58.3 Å². The van der Waals surface area contributed by atoms with E-state index in [9.17, 15) is 4.79 Å². The third-order valence-corrected chi connectivity index (χ3v) is 2.53. The first kappa shape index (κ1) is 13.5. The van der Waals surface area contributed by atoms with E-state index in [1.807, 2.05) is 20.8 Å². The van der Waals surface area contributed by atoms with E-state index in [4.69, 9.17) is 14.2 Å². The summed E-state index contributed by atoms with van der Waals surface area (Å²) in [5.41, 5.74) is 0. The van der Waals surface area contributed by atoms with Gasteiger partial charge in [-0.25, -0.2) is 0 Å². The average Bonchev–Trinajstić information content (AvgIpc) is 2.54. The highest BCUT2D eigenvalue weighted by atomic mass is 16.7. The summed E-state index contributed by atoms with van der Waals surface area (Å²) in [4.78, 5) is 11.1. The molecule has 1 rings (SSSR count). The van der Waals surface area contributed by atoms with E-state index in [0.29, 0.717) is 19.6 Å². The molecule has 0 unspecified atom stereocenters. The molecule has 4 nitrogen and oxygen atoms in total. The molecular formula is C12H22O4. The molecule has 1 aliphatic heterocycles. The van der Waals surface area contributed by atoms with Crippen molar-refractivity contribution in [3.8, 4) is 0 Å². The zero-order valence-electron chi connectivity index (χ0n) is 10.5. The molecule has 94 valence electrons. The number of rotatable bonds is 6. The molecule has 1 atom stereocenters. The normalized spacial score (nSPS) is 23.3. The molecule has 4 heteroatoms. The van der Waals surface area contributed by atoms with Crippen molar-refractivity contribution in [1.29, 1.82) is 0 Å². The van der Waals surface area contributed by atoms with Gasteiger partial charge in [-0.3, -0.25) is 4.79 Å². The fraction of sp³-hybridized carbons (Fsp3) is 0.917. The van der Waals surface area contributed by atoms with Crippen LogP contribution in [0.4, 0.5) is 0 Å². The largest absolute Gasteiger partial charge is 0.466 e. The number of hydrogen-bond acceptors (Lipinski definition) is 4. The fourth-order valence-corrected chi connectivity index (χ4v) is 1.78. The van der Waals surface area contributed by atoms with Gasteiger partial charge in [-0.05, 0) is 33.6 Å². The second kappa shape index (κ2) is 6.21. The Hall–Kier alpha value is -0.610. The van der Waals surface area contributed by atoms with Crippen LogP contribution in [0.5, 0.6) is 0 Å². The molecule has 0 aromatic heterocycles. The molecule has 0 aliphatic carbocycles. The predicted octanol–water partition coefficient (Wildman–Crippen LogP) is 2.26. The third kappa shape index (κ3) is 4.94. The summed E-state index contributed by atoms with van der Waals surface area (Å²) in [6.07, 6.45) is 3.47. The van der Waals surface area contributed by atoms with Gasteiger partial charge < -0.3 is 14.2 Å². The molecule has 0 N–H and O–H groups in total. The summed E-state index contributed by atoms with van der Waals surface area (Å²) in [5, 5.41) is 0. The Bertz CT molecular complexity index is 225. The first-order chi connectivity index (χ1) is 7.53. The van der Waals surface area contributed by atoms with Gasteiger partial charge in [0.1, 0.15) is 0 Å². The Morgan fingerprint density at radius 1 is 1.44 bits per heavy atom. The Labute approximate surface area is 97.2 Å². The number of esters is 1. The van der Waals surface area contributed by atoms with Crippen LogP contribution in [0.1, 0.15) is 46.5 Å². The van der Waals surface area contributed by atoms with E-state index in [2.05, 4.69) is 0 Å². The molecule has 1 heterocycles. The summed E-state index contributed by atoms with van der Waals surface area (Å²) in [6.45, 7) is 6.79. The summed E-state index contributed by atoms with van der Waals surface area (Å²) in [5.74, 6) is -0.544. The summed E-state index contributed by atoms with van der Waals surface area (Å²) in [6, 6.07) is 0. The van der Waals surface area contributed by atoms with Gasteiger partial charge in [0, 0.05) is 6.42 Å². The second-order valence-electron chi connectivity index (χ2n) is 4.50. The maximum Gasteiger partial charge on any atom is 0.305 e. The summed E-state index contributed by atoms with van der Waals surface area (Å²) < 4.78 is 16.0. The van der Waals surface area contributed by atoms with Crippen molar-refractivity contribution in [3.63, 3.8) is 0 Å². The second-order valence-corrected chi connectivity index (χ2v) is 4.50. The van der Waals surface area contributed by atoms with Crippen LogP contribution < -0.4 is 0 Å². The Kier molecular flexibility index (Phi) is 5.22. The van der Waals surface area contributed by atoms with Gasteiger partial charge in [-0.1, -0.05) is 6.42 Å². The monoisotopic (exact) mass is 230 g/mol. The molecule has 0 amide bonds. The van der Waals surface area contributed by atoms with E-state index in [1.54, 1.807) is 0 Å². The number of ether oxygens (including phenoxy) is 3. The fourth-order valence-electron chi connectivity index (χ4n) is 1.78. The smallest absolute Gasteiger partial charge is 0.305 e. The summed E-state index contributed by atoms with van der Waals surface area (Å²) in [7, 11) is 0. The van der Waals surface area contributed by atoms with Crippen LogP contribution in [-0.4, -0.2) is 31.1 Å². The van der Waals surface area contributed by atoms with Crippen molar-refractivity contribution in [2.24, 2.45) is 0 Å². The molecule has 0 bridgehead atoms. The first-order valence-corrected chi connectivity index (χ1v) is 6.01. The van der Waals surface area contributed by atoms with Crippen LogP contribution in [0.2, 0.25) is 0 Å².